The van der Waals surface area contributed by atoms with E-state index in [2.05, 4.69) is 35.6 Å². The topological polar surface area (TPSA) is 124 Å². The number of rotatable bonds is 6. The van der Waals surface area contributed by atoms with Crippen molar-refractivity contribution in [3.05, 3.63) is 48.4 Å². The van der Waals surface area contributed by atoms with Gasteiger partial charge in [-0.3, -0.25) is 5.10 Å². The lowest BCUT2D eigenvalue weighted by molar-refractivity contribution is 0.107. The summed E-state index contributed by atoms with van der Waals surface area (Å²) in [5, 5.41) is 18.2. The van der Waals surface area contributed by atoms with Gasteiger partial charge in [-0.25, -0.2) is 9.37 Å². The molecule has 0 amide bonds. The molecule has 0 bridgehead atoms. The molecule has 1 aromatic carbocycles. The van der Waals surface area contributed by atoms with Crippen molar-refractivity contribution in [3.63, 3.8) is 0 Å². The zero-order chi connectivity index (χ0) is 24.5. The number of nitrogens with two attached hydrogens (primary N) is 1. The first-order valence-corrected chi connectivity index (χ1v) is 11.3. The molecule has 0 radical (unpaired) electrons. The number of anilines is 1. The quantitative estimate of drug-likeness (QED) is 0.430. The molecule has 0 spiro atoms. The first kappa shape index (κ1) is 22.8. The Labute approximate surface area is 200 Å². The van der Waals surface area contributed by atoms with Gasteiger partial charge in [0.2, 0.25) is 5.82 Å². The molecule has 5 rings (SSSR count). The van der Waals surface area contributed by atoms with E-state index >= 15 is 8.78 Å². The molecule has 182 valence electrons. The maximum Gasteiger partial charge on any atom is 0.202 e. The van der Waals surface area contributed by atoms with E-state index in [0.29, 0.717) is 17.2 Å². The zero-order valence-corrected chi connectivity index (χ0v) is 19.3. The Morgan fingerprint density at radius 3 is 2.60 bits per heavy atom. The van der Waals surface area contributed by atoms with Crippen molar-refractivity contribution in [2.24, 2.45) is 0 Å². The fraction of sp³-hybridized carbons (Fsp3) is 0.348. The highest BCUT2D eigenvalue weighted by molar-refractivity contribution is 5.76. The van der Waals surface area contributed by atoms with E-state index in [1.165, 1.54) is 12.1 Å². The summed E-state index contributed by atoms with van der Waals surface area (Å²) in [6.45, 7) is 0. The lowest BCUT2D eigenvalue weighted by Gasteiger charge is -2.32. The van der Waals surface area contributed by atoms with Gasteiger partial charge in [-0.15, -0.1) is 5.10 Å². The predicted octanol–water partition coefficient (Wildman–Crippen LogP) is 3.23. The number of hydrogen-bond acceptors (Lipinski definition) is 8. The Morgan fingerprint density at radius 1 is 1.09 bits per heavy atom. The van der Waals surface area contributed by atoms with E-state index in [0.717, 1.165) is 35.9 Å². The summed E-state index contributed by atoms with van der Waals surface area (Å²) in [5.41, 5.74) is 7.75. The van der Waals surface area contributed by atoms with Crippen LogP contribution in [0.2, 0.25) is 0 Å². The van der Waals surface area contributed by atoms with Crippen LogP contribution in [0.3, 0.4) is 0 Å². The van der Waals surface area contributed by atoms with E-state index in [1.807, 2.05) is 14.1 Å². The molecule has 0 unspecified atom stereocenters. The second-order valence-corrected chi connectivity index (χ2v) is 8.78. The molecule has 1 aliphatic carbocycles. The monoisotopic (exact) mass is 481 g/mol. The van der Waals surface area contributed by atoms with E-state index in [-0.39, 0.29) is 29.2 Å². The number of aromatic nitrogens is 7. The molecule has 1 fully saturated rings. The fourth-order valence-corrected chi connectivity index (χ4v) is 4.37. The minimum absolute atomic E-state index is 0.120. The molecule has 35 heavy (non-hydrogen) atoms. The average molecular weight is 482 g/mol. The minimum Gasteiger partial charge on any atom is -0.487 e. The third-order valence-corrected chi connectivity index (χ3v) is 6.38. The molecular weight excluding hydrogens is 456 g/mol. The highest BCUT2D eigenvalue weighted by atomic mass is 19.2. The number of nitrogens with zero attached hydrogens (tertiary/aromatic N) is 7. The van der Waals surface area contributed by atoms with Crippen LogP contribution >= 0.6 is 0 Å². The van der Waals surface area contributed by atoms with Crippen molar-refractivity contribution in [1.82, 2.24) is 40.3 Å². The molecule has 3 N–H and O–H groups in total. The van der Waals surface area contributed by atoms with Crippen LogP contribution in [-0.4, -0.2) is 66.5 Å². The lowest BCUT2D eigenvalue weighted by atomic mass is 9.92. The summed E-state index contributed by atoms with van der Waals surface area (Å²) in [4.78, 5) is 6.38. The Bertz CT molecular complexity index is 1310. The Balaban J connectivity index is 1.43. The smallest absolute Gasteiger partial charge is 0.202 e. The van der Waals surface area contributed by atoms with E-state index in [9.17, 15) is 0 Å². The number of benzene rings is 1. The fourth-order valence-electron chi connectivity index (χ4n) is 4.37. The molecule has 1 aliphatic rings. The molecule has 3 aromatic heterocycles. The molecule has 4 aromatic rings. The summed E-state index contributed by atoms with van der Waals surface area (Å²) < 4.78 is 37.2. The van der Waals surface area contributed by atoms with Gasteiger partial charge in [0.1, 0.15) is 11.5 Å². The van der Waals surface area contributed by atoms with Crippen molar-refractivity contribution >= 4 is 5.82 Å². The van der Waals surface area contributed by atoms with Crippen LogP contribution < -0.4 is 10.5 Å². The third-order valence-electron chi connectivity index (χ3n) is 6.38. The van der Waals surface area contributed by atoms with E-state index in [4.69, 9.17) is 10.5 Å². The maximum atomic E-state index is 15.2. The summed E-state index contributed by atoms with van der Waals surface area (Å²) in [6, 6.07) is 4.99. The highest BCUT2D eigenvalue weighted by Crippen LogP contribution is 2.33. The minimum atomic E-state index is -1.12. The van der Waals surface area contributed by atoms with Gasteiger partial charge in [0.15, 0.2) is 17.4 Å². The van der Waals surface area contributed by atoms with Crippen molar-refractivity contribution in [2.45, 2.75) is 37.8 Å². The molecule has 12 heteroatoms. The molecule has 0 saturated heterocycles. The first-order valence-electron chi connectivity index (χ1n) is 11.3. The summed E-state index contributed by atoms with van der Waals surface area (Å²) in [7, 11) is 4.09. The summed E-state index contributed by atoms with van der Waals surface area (Å²) >= 11 is 0. The van der Waals surface area contributed by atoms with Crippen LogP contribution in [0, 0.1) is 11.6 Å². The van der Waals surface area contributed by atoms with Crippen molar-refractivity contribution in [2.75, 3.05) is 19.8 Å². The Kier molecular flexibility index (Phi) is 6.12. The average Bonchev–Trinajstić information content (AvgIpc) is 3.56. The van der Waals surface area contributed by atoms with Crippen molar-refractivity contribution in [1.29, 1.82) is 0 Å². The van der Waals surface area contributed by atoms with Crippen LogP contribution in [-0.2, 0) is 0 Å². The normalized spacial score (nSPS) is 18.2. The van der Waals surface area contributed by atoms with Gasteiger partial charge in [-0.2, -0.15) is 14.2 Å². The molecular formula is C23H25F2N9O. The molecule has 0 atom stereocenters. The molecule has 1 saturated carbocycles. The van der Waals surface area contributed by atoms with Gasteiger partial charge in [0, 0.05) is 29.6 Å². The third kappa shape index (κ3) is 4.44. The van der Waals surface area contributed by atoms with Gasteiger partial charge in [-0.1, -0.05) is 0 Å². The number of aromatic amines is 1. The molecule has 10 nitrogen and oxygen atoms in total. The number of nitrogens with one attached hydrogen (secondary N) is 1. The Hall–Kier alpha value is -3.93. The van der Waals surface area contributed by atoms with Gasteiger partial charge < -0.3 is 15.4 Å². The number of ether oxygens (including phenoxy) is 1. The highest BCUT2D eigenvalue weighted by Gasteiger charge is 2.26. The van der Waals surface area contributed by atoms with Crippen molar-refractivity contribution < 1.29 is 13.5 Å². The SMILES string of the molecule is CN(C)C1CCC(Oc2ccc(-n3nnnc3-c3cc(-c4cn[nH]c4)cnc3N)c(F)c2F)CC1. The molecule has 3 heterocycles. The van der Waals surface area contributed by atoms with E-state index < -0.39 is 11.6 Å². The maximum absolute atomic E-state index is 15.2. The van der Waals surface area contributed by atoms with Crippen LogP contribution in [0.5, 0.6) is 5.75 Å². The molecule has 0 aliphatic heterocycles. The van der Waals surface area contributed by atoms with Gasteiger partial charge >= 0.3 is 0 Å². The number of tetrazole rings is 1. The number of H-pyrrole nitrogens is 1. The lowest BCUT2D eigenvalue weighted by Crippen LogP contribution is -2.35. The van der Waals surface area contributed by atoms with Crippen LogP contribution in [0.1, 0.15) is 25.7 Å². The van der Waals surface area contributed by atoms with Gasteiger partial charge in [0.05, 0.1) is 17.9 Å². The largest absolute Gasteiger partial charge is 0.487 e. The Morgan fingerprint density at radius 2 is 1.89 bits per heavy atom. The second kappa shape index (κ2) is 9.37. The van der Waals surface area contributed by atoms with Gasteiger partial charge in [-0.05, 0) is 68.4 Å². The number of nitrogen functional groups attached to an aromatic ring is 1. The van der Waals surface area contributed by atoms with Gasteiger partial charge in [0.25, 0.3) is 0 Å². The predicted molar refractivity (Wildman–Crippen MR) is 125 cm³/mol. The van der Waals surface area contributed by atoms with E-state index in [1.54, 1.807) is 24.7 Å². The van der Waals surface area contributed by atoms with Crippen LogP contribution in [0.25, 0.3) is 28.2 Å². The van der Waals surface area contributed by atoms with Crippen LogP contribution in [0.4, 0.5) is 14.6 Å². The first-order chi connectivity index (χ1) is 16.9. The number of pyridine rings is 1. The second-order valence-electron chi connectivity index (χ2n) is 8.78. The van der Waals surface area contributed by atoms with Crippen LogP contribution in [0.15, 0.2) is 36.8 Å². The number of hydrogen-bond donors (Lipinski definition) is 2. The summed E-state index contributed by atoms with van der Waals surface area (Å²) in [5.74, 6) is -2.07. The van der Waals surface area contributed by atoms with Crippen molar-refractivity contribution in [3.8, 4) is 34.0 Å². The number of halogens is 2. The standard InChI is InChI=1S/C23H25F2N9O/c1-33(2)15-3-5-16(6-4-15)35-19-8-7-18(20(24)21(19)25)34-23(30-31-32-34)17-9-13(10-27-22(17)26)14-11-28-29-12-14/h7-12,15-16H,3-6H2,1-2H3,(H2,26,27)(H,28,29). The summed E-state index contributed by atoms with van der Waals surface area (Å²) in [6.07, 6.45) is 8.19. The zero-order valence-electron chi connectivity index (χ0n) is 19.3.